The van der Waals surface area contributed by atoms with Crippen LogP contribution in [0.3, 0.4) is 0 Å². The first-order chi connectivity index (χ1) is 7.57. The quantitative estimate of drug-likeness (QED) is 0.782. The fourth-order valence-corrected chi connectivity index (χ4v) is 4.43. The number of halogens is 1. The lowest BCUT2D eigenvalue weighted by molar-refractivity contribution is 0.533. The molecule has 2 nitrogen and oxygen atoms in total. The maximum absolute atomic E-state index is 11.3. The van der Waals surface area contributed by atoms with E-state index in [1.165, 1.54) is 0 Å². The summed E-state index contributed by atoms with van der Waals surface area (Å²) in [6, 6.07) is 9.83. The van der Waals surface area contributed by atoms with Gasteiger partial charge in [-0.1, -0.05) is 30.3 Å². The molecule has 16 heavy (non-hydrogen) atoms. The largest absolute Gasteiger partial charge is 0.229 e. The first-order valence-electron chi connectivity index (χ1n) is 5.46. The van der Waals surface area contributed by atoms with Gasteiger partial charge in [0.2, 0.25) is 0 Å². The molecular weight excluding hydrogens is 244 g/mol. The minimum atomic E-state index is -2.78. The van der Waals surface area contributed by atoms with Crippen molar-refractivity contribution < 1.29 is 8.42 Å². The Kier molecular flexibility index (Phi) is 3.55. The molecule has 2 rings (SSSR count). The van der Waals surface area contributed by atoms with E-state index in [4.69, 9.17) is 11.6 Å². The predicted molar refractivity (Wildman–Crippen MR) is 66.4 cm³/mol. The Hall–Kier alpha value is -0.540. The molecule has 88 valence electrons. The van der Waals surface area contributed by atoms with E-state index in [-0.39, 0.29) is 11.3 Å². The molecular formula is C12H15ClO2S. The molecule has 0 radical (unpaired) electrons. The zero-order valence-electron chi connectivity index (χ0n) is 8.97. The molecule has 0 aromatic heterocycles. The molecule has 1 aliphatic rings. The number of alkyl halides is 1. The molecule has 1 saturated heterocycles. The van der Waals surface area contributed by atoms with E-state index in [9.17, 15) is 8.42 Å². The summed E-state index contributed by atoms with van der Waals surface area (Å²) in [5.74, 6) is 0.867. The van der Waals surface area contributed by atoms with Crippen molar-refractivity contribution >= 4 is 21.4 Å². The minimum Gasteiger partial charge on any atom is -0.229 e. The van der Waals surface area contributed by atoms with Crippen LogP contribution in [0.15, 0.2) is 30.3 Å². The van der Waals surface area contributed by atoms with Gasteiger partial charge in [-0.05, 0) is 24.3 Å². The van der Waals surface area contributed by atoms with Crippen molar-refractivity contribution in [2.45, 2.75) is 18.2 Å². The molecule has 1 aromatic rings. The Morgan fingerprint density at radius 2 is 2.00 bits per heavy atom. The third kappa shape index (κ3) is 2.98. The molecule has 0 amide bonds. The van der Waals surface area contributed by atoms with Gasteiger partial charge in [0.25, 0.3) is 0 Å². The summed E-state index contributed by atoms with van der Waals surface area (Å²) in [6.07, 6.45) is 1.52. The molecule has 1 heterocycles. The molecule has 0 N–H and O–H groups in total. The maximum Gasteiger partial charge on any atom is 0.150 e. The summed E-state index contributed by atoms with van der Waals surface area (Å²) >= 11 is 6.28. The second-order valence-electron chi connectivity index (χ2n) is 4.38. The molecule has 2 atom stereocenters. The molecule has 2 unspecified atom stereocenters. The van der Waals surface area contributed by atoms with Crippen molar-refractivity contribution in [3.05, 3.63) is 35.9 Å². The van der Waals surface area contributed by atoms with Crippen LogP contribution in [0.4, 0.5) is 0 Å². The van der Waals surface area contributed by atoms with Crippen molar-refractivity contribution in [1.29, 1.82) is 0 Å². The fourth-order valence-electron chi connectivity index (χ4n) is 2.15. The molecule has 0 saturated carbocycles. The number of benzene rings is 1. The highest BCUT2D eigenvalue weighted by atomic mass is 35.5. The fraction of sp³-hybridized carbons (Fsp3) is 0.500. The van der Waals surface area contributed by atoms with Gasteiger partial charge in [0.05, 0.1) is 16.9 Å². The van der Waals surface area contributed by atoms with E-state index in [0.717, 1.165) is 18.4 Å². The van der Waals surface area contributed by atoms with Gasteiger partial charge in [-0.3, -0.25) is 0 Å². The van der Waals surface area contributed by atoms with Crippen LogP contribution < -0.4 is 0 Å². The van der Waals surface area contributed by atoms with Gasteiger partial charge in [0.1, 0.15) is 0 Å². The summed E-state index contributed by atoms with van der Waals surface area (Å²) in [5.41, 5.74) is 1.08. The van der Waals surface area contributed by atoms with Gasteiger partial charge < -0.3 is 0 Å². The number of sulfone groups is 1. The predicted octanol–water partition coefficient (Wildman–Crippen LogP) is 2.79. The molecule has 0 spiro atoms. The van der Waals surface area contributed by atoms with Crippen LogP contribution in [-0.4, -0.2) is 19.9 Å². The number of hydrogen-bond acceptors (Lipinski definition) is 2. The molecule has 0 bridgehead atoms. The Bertz CT molecular complexity index is 441. The normalized spacial score (nSPS) is 25.4. The van der Waals surface area contributed by atoms with Crippen molar-refractivity contribution in [3.8, 4) is 0 Å². The van der Waals surface area contributed by atoms with E-state index in [2.05, 4.69) is 0 Å². The topological polar surface area (TPSA) is 34.1 Å². The Morgan fingerprint density at radius 1 is 1.31 bits per heavy atom. The van der Waals surface area contributed by atoms with Gasteiger partial charge in [-0.25, -0.2) is 8.42 Å². The molecule has 0 aliphatic carbocycles. The third-order valence-electron chi connectivity index (χ3n) is 3.03. The highest BCUT2D eigenvalue weighted by molar-refractivity contribution is 7.91. The average Bonchev–Trinajstić information content (AvgIpc) is 2.59. The Labute approximate surface area is 102 Å². The number of hydrogen-bond donors (Lipinski definition) is 0. The SMILES string of the molecule is O=S1(=O)CCC(CC(Cl)c2ccccc2)C1. The molecule has 1 aliphatic heterocycles. The van der Waals surface area contributed by atoms with Crippen LogP contribution in [0.2, 0.25) is 0 Å². The van der Waals surface area contributed by atoms with Crippen LogP contribution in [0, 0.1) is 5.92 Å². The van der Waals surface area contributed by atoms with Gasteiger partial charge in [0, 0.05) is 0 Å². The van der Waals surface area contributed by atoms with E-state index < -0.39 is 9.84 Å². The monoisotopic (exact) mass is 258 g/mol. The van der Waals surface area contributed by atoms with Crippen LogP contribution in [0.25, 0.3) is 0 Å². The second kappa shape index (κ2) is 4.76. The van der Waals surface area contributed by atoms with Crippen molar-refractivity contribution in [1.82, 2.24) is 0 Å². The lowest BCUT2D eigenvalue weighted by atomic mass is 9.99. The zero-order chi connectivity index (χ0) is 11.6. The highest BCUT2D eigenvalue weighted by Crippen LogP contribution is 2.32. The molecule has 1 fully saturated rings. The van der Waals surface area contributed by atoms with Gasteiger partial charge in [-0.2, -0.15) is 0 Å². The van der Waals surface area contributed by atoms with Crippen LogP contribution in [0.5, 0.6) is 0 Å². The average molecular weight is 259 g/mol. The summed E-state index contributed by atoms with van der Waals surface area (Å²) < 4.78 is 22.6. The lowest BCUT2D eigenvalue weighted by Gasteiger charge is -2.13. The summed E-state index contributed by atoms with van der Waals surface area (Å²) in [4.78, 5) is 0. The molecule has 1 aromatic carbocycles. The van der Waals surface area contributed by atoms with E-state index in [1.54, 1.807) is 0 Å². The number of rotatable bonds is 3. The lowest BCUT2D eigenvalue weighted by Crippen LogP contribution is -2.07. The van der Waals surface area contributed by atoms with Crippen molar-refractivity contribution in [2.75, 3.05) is 11.5 Å². The second-order valence-corrected chi connectivity index (χ2v) is 7.14. The first-order valence-corrected chi connectivity index (χ1v) is 7.72. The smallest absolute Gasteiger partial charge is 0.150 e. The van der Waals surface area contributed by atoms with Crippen LogP contribution >= 0.6 is 11.6 Å². The highest BCUT2D eigenvalue weighted by Gasteiger charge is 2.29. The van der Waals surface area contributed by atoms with Crippen LogP contribution in [0.1, 0.15) is 23.8 Å². The van der Waals surface area contributed by atoms with E-state index in [1.807, 2.05) is 30.3 Å². The van der Waals surface area contributed by atoms with E-state index >= 15 is 0 Å². The zero-order valence-corrected chi connectivity index (χ0v) is 10.5. The minimum absolute atomic E-state index is 0.0699. The summed E-state index contributed by atoms with van der Waals surface area (Å²) in [7, 11) is -2.78. The summed E-state index contributed by atoms with van der Waals surface area (Å²) in [6.45, 7) is 0. The Morgan fingerprint density at radius 3 is 2.56 bits per heavy atom. The van der Waals surface area contributed by atoms with Gasteiger partial charge in [-0.15, -0.1) is 11.6 Å². The van der Waals surface area contributed by atoms with Crippen molar-refractivity contribution in [3.63, 3.8) is 0 Å². The van der Waals surface area contributed by atoms with Crippen molar-refractivity contribution in [2.24, 2.45) is 5.92 Å². The van der Waals surface area contributed by atoms with Crippen LogP contribution in [-0.2, 0) is 9.84 Å². The first kappa shape index (κ1) is 11.9. The molecule has 4 heteroatoms. The summed E-state index contributed by atoms with van der Waals surface area (Å²) in [5, 5.41) is -0.0699. The van der Waals surface area contributed by atoms with E-state index in [0.29, 0.717) is 11.5 Å². The maximum atomic E-state index is 11.3. The third-order valence-corrected chi connectivity index (χ3v) is 5.30. The van der Waals surface area contributed by atoms with Gasteiger partial charge in [0.15, 0.2) is 9.84 Å². The van der Waals surface area contributed by atoms with Gasteiger partial charge >= 0.3 is 0 Å². The standard InChI is InChI=1S/C12H15ClO2S/c13-12(11-4-2-1-3-5-11)8-10-6-7-16(14,15)9-10/h1-5,10,12H,6-9H2. The Balaban J connectivity index is 1.96.